The second-order valence-corrected chi connectivity index (χ2v) is 11.9. The van der Waals surface area contributed by atoms with Crippen LogP contribution in [0.4, 0.5) is 11.8 Å². The molecule has 2 aliphatic rings. The number of nitrogens with one attached hydrogen (secondary N) is 1. The Kier molecular flexibility index (Phi) is 9.16. The van der Waals surface area contributed by atoms with Crippen molar-refractivity contribution in [3.63, 3.8) is 0 Å². The number of morpholine rings is 2. The Morgan fingerprint density at radius 1 is 0.884 bits per heavy atom. The average molecular weight is 624 g/mol. The van der Waals surface area contributed by atoms with E-state index in [1.165, 1.54) is 0 Å². The summed E-state index contributed by atoms with van der Waals surface area (Å²) < 4.78 is 17.3. The number of anilines is 2. The maximum absolute atomic E-state index is 6.37. The Labute approximate surface area is 262 Å². The highest BCUT2D eigenvalue weighted by atomic mass is 35.5. The lowest BCUT2D eigenvalue weighted by Crippen LogP contribution is -2.46. The van der Waals surface area contributed by atoms with Gasteiger partial charge in [0.05, 0.1) is 43.6 Å². The van der Waals surface area contributed by atoms with Gasteiger partial charge in [-0.25, -0.2) is 4.98 Å². The SMILES string of the molecule is COc1ccc(-c2ccc3c(N4CCOCC4)nc(N4CC(C)OC(C)C4)nc3n2)cc1CNCc1ccc(Cl)cc1Cl. The molecule has 2 aliphatic heterocycles. The molecule has 11 heteroatoms. The zero-order valence-electron chi connectivity index (χ0n) is 24.6. The number of halogens is 2. The van der Waals surface area contributed by atoms with Crippen LogP contribution in [0.25, 0.3) is 22.3 Å². The molecule has 2 atom stereocenters. The number of methoxy groups -OCH3 is 1. The first-order chi connectivity index (χ1) is 20.9. The topological polar surface area (TPSA) is 84.9 Å². The summed E-state index contributed by atoms with van der Waals surface area (Å²) in [5, 5.41) is 5.66. The summed E-state index contributed by atoms with van der Waals surface area (Å²) in [5.74, 6) is 2.38. The molecule has 4 aromatic rings. The predicted molar refractivity (Wildman–Crippen MR) is 172 cm³/mol. The fourth-order valence-electron chi connectivity index (χ4n) is 5.72. The zero-order chi connectivity index (χ0) is 29.9. The maximum Gasteiger partial charge on any atom is 0.229 e. The van der Waals surface area contributed by atoms with Crippen LogP contribution in [0.15, 0.2) is 48.5 Å². The number of pyridine rings is 1. The molecule has 2 unspecified atom stereocenters. The monoisotopic (exact) mass is 622 g/mol. The van der Waals surface area contributed by atoms with E-state index in [4.69, 9.17) is 52.4 Å². The van der Waals surface area contributed by atoms with E-state index < -0.39 is 0 Å². The lowest BCUT2D eigenvalue weighted by Gasteiger charge is -2.36. The molecular weight excluding hydrogens is 587 g/mol. The second kappa shape index (κ2) is 13.2. The fraction of sp³-hybridized carbons (Fsp3) is 0.406. The molecule has 0 bridgehead atoms. The standard InChI is InChI=1S/C32H36Cl2N6O3/c1-20-18-40(19-21(2)43-20)32-37-30-26(31(38-32)39-10-12-42-13-11-39)7-8-28(36-30)22-5-9-29(41-3)24(14-22)17-35-16-23-4-6-25(33)15-27(23)34/h4-9,14-15,20-21,35H,10-13,16-19H2,1-3H3. The minimum Gasteiger partial charge on any atom is -0.496 e. The molecule has 2 aromatic heterocycles. The van der Waals surface area contributed by atoms with Gasteiger partial charge in [-0.1, -0.05) is 29.3 Å². The maximum atomic E-state index is 6.37. The number of hydrogen-bond acceptors (Lipinski definition) is 9. The van der Waals surface area contributed by atoms with Crippen LogP contribution in [-0.4, -0.2) is 73.7 Å². The van der Waals surface area contributed by atoms with Crippen molar-refractivity contribution in [2.24, 2.45) is 0 Å². The Morgan fingerprint density at radius 3 is 2.40 bits per heavy atom. The van der Waals surface area contributed by atoms with Crippen LogP contribution in [0.1, 0.15) is 25.0 Å². The normalized spacial score (nSPS) is 19.2. The van der Waals surface area contributed by atoms with Crippen molar-refractivity contribution in [2.45, 2.75) is 39.1 Å². The number of fused-ring (bicyclic) bond motifs is 1. The highest BCUT2D eigenvalue weighted by molar-refractivity contribution is 6.35. The lowest BCUT2D eigenvalue weighted by atomic mass is 10.1. The van der Waals surface area contributed by atoms with Crippen molar-refractivity contribution in [1.82, 2.24) is 20.3 Å². The van der Waals surface area contributed by atoms with Crippen LogP contribution in [-0.2, 0) is 22.6 Å². The van der Waals surface area contributed by atoms with Crippen molar-refractivity contribution in [1.29, 1.82) is 0 Å². The summed E-state index contributed by atoms with van der Waals surface area (Å²) in [6, 6.07) is 15.8. The van der Waals surface area contributed by atoms with E-state index in [1.54, 1.807) is 13.2 Å². The Hall–Kier alpha value is -3.21. The van der Waals surface area contributed by atoms with E-state index in [0.29, 0.717) is 47.9 Å². The molecule has 2 fully saturated rings. The summed E-state index contributed by atoms with van der Waals surface area (Å²) in [7, 11) is 1.68. The van der Waals surface area contributed by atoms with Gasteiger partial charge in [-0.05, 0) is 61.9 Å². The summed E-state index contributed by atoms with van der Waals surface area (Å²) >= 11 is 12.4. The van der Waals surface area contributed by atoms with E-state index >= 15 is 0 Å². The molecule has 0 saturated carbocycles. The average Bonchev–Trinajstić information content (AvgIpc) is 3.01. The molecule has 2 saturated heterocycles. The van der Waals surface area contributed by atoms with Gasteiger partial charge in [0.25, 0.3) is 0 Å². The summed E-state index contributed by atoms with van der Waals surface area (Å²) in [4.78, 5) is 19.6. The van der Waals surface area contributed by atoms with Gasteiger partial charge < -0.3 is 29.3 Å². The van der Waals surface area contributed by atoms with E-state index in [9.17, 15) is 0 Å². The van der Waals surface area contributed by atoms with Crippen LogP contribution in [0.3, 0.4) is 0 Å². The number of nitrogens with zero attached hydrogens (tertiary/aromatic N) is 5. The molecule has 2 aromatic carbocycles. The first-order valence-corrected chi connectivity index (χ1v) is 15.4. The van der Waals surface area contributed by atoms with E-state index in [-0.39, 0.29) is 12.2 Å². The van der Waals surface area contributed by atoms with E-state index in [1.807, 2.05) is 30.3 Å². The van der Waals surface area contributed by atoms with Gasteiger partial charge in [0, 0.05) is 60.4 Å². The summed E-state index contributed by atoms with van der Waals surface area (Å²) in [6.07, 6.45) is 0.187. The molecular formula is C32H36Cl2N6O3. The molecule has 43 heavy (non-hydrogen) atoms. The fourth-order valence-corrected chi connectivity index (χ4v) is 6.19. The molecule has 226 valence electrons. The van der Waals surface area contributed by atoms with Crippen LogP contribution < -0.4 is 19.9 Å². The highest BCUT2D eigenvalue weighted by Crippen LogP contribution is 2.32. The van der Waals surface area contributed by atoms with Crippen molar-refractivity contribution >= 4 is 46.0 Å². The van der Waals surface area contributed by atoms with Gasteiger partial charge in [0.1, 0.15) is 11.6 Å². The van der Waals surface area contributed by atoms with Crippen LogP contribution in [0.5, 0.6) is 5.75 Å². The van der Waals surface area contributed by atoms with Crippen LogP contribution in [0.2, 0.25) is 10.0 Å². The molecule has 0 aliphatic carbocycles. The summed E-state index contributed by atoms with van der Waals surface area (Å²) in [6.45, 7) is 9.72. The van der Waals surface area contributed by atoms with Crippen molar-refractivity contribution in [3.05, 3.63) is 69.7 Å². The number of hydrogen-bond donors (Lipinski definition) is 1. The van der Waals surface area contributed by atoms with Crippen molar-refractivity contribution in [2.75, 3.05) is 56.3 Å². The molecule has 9 nitrogen and oxygen atoms in total. The molecule has 6 rings (SSSR count). The van der Waals surface area contributed by atoms with Gasteiger partial charge in [0.15, 0.2) is 5.65 Å². The number of aromatic nitrogens is 3. The quantitative estimate of drug-likeness (QED) is 0.264. The lowest BCUT2D eigenvalue weighted by molar-refractivity contribution is -0.00570. The third-order valence-corrected chi connectivity index (χ3v) is 8.35. The predicted octanol–water partition coefficient (Wildman–Crippen LogP) is 5.75. The Bertz CT molecular complexity index is 1590. The number of benzene rings is 2. The van der Waals surface area contributed by atoms with Crippen molar-refractivity contribution in [3.8, 4) is 17.0 Å². The number of ether oxygens (including phenoxy) is 3. The van der Waals surface area contributed by atoms with Crippen LogP contribution in [0, 0.1) is 0 Å². The largest absolute Gasteiger partial charge is 0.496 e. The van der Waals surface area contributed by atoms with Gasteiger partial charge in [-0.2, -0.15) is 9.97 Å². The van der Waals surface area contributed by atoms with Crippen molar-refractivity contribution < 1.29 is 14.2 Å². The molecule has 1 N–H and O–H groups in total. The van der Waals surface area contributed by atoms with Gasteiger partial charge >= 0.3 is 0 Å². The Morgan fingerprint density at radius 2 is 1.65 bits per heavy atom. The van der Waals surface area contributed by atoms with E-state index in [0.717, 1.165) is 65.5 Å². The minimum absolute atomic E-state index is 0.0937. The highest BCUT2D eigenvalue weighted by Gasteiger charge is 2.27. The first kappa shape index (κ1) is 29.8. The number of rotatable bonds is 8. The third-order valence-electron chi connectivity index (χ3n) is 7.76. The second-order valence-electron chi connectivity index (χ2n) is 11.0. The van der Waals surface area contributed by atoms with Gasteiger partial charge in [-0.3, -0.25) is 0 Å². The molecule has 0 spiro atoms. The van der Waals surface area contributed by atoms with Crippen LogP contribution >= 0.6 is 23.2 Å². The smallest absolute Gasteiger partial charge is 0.229 e. The third kappa shape index (κ3) is 6.81. The van der Waals surface area contributed by atoms with Gasteiger partial charge in [0.2, 0.25) is 5.95 Å². The Balaban J connectivity index is 1.32. The summed E-state index contributed by atoms with van der Waals surface area (Å²) in [5.41, 5.74) is 4.47. The molecule has 4 heterocycles. The zero-order valence-corrected chi connectivity index (χ0v) is 26.2. The van der Waals surface area contributed by atoms with Gasteiger partial charge in [-0.15, -0.1) is 0 Å². The minimum atomic E-state index is 0.0937. The molecule has 0 radical (unpaired) electrons. The first-order valence-electron chi connectivity index (χ1n) is 14.6. The molecule has 0 amide bonds. The van der Waals surface area contributed by atoms with E-state index in [2.05, 4.69) is 41.1 Å².